The van der Waals surface area contributed by atoms with Crippen LogP contribution in [0.1, 0.15) is 35.6 Å². The molecule has 0 fully saturated rings. The minimum Gasteiger partial charge on any atom is -0.385 e. The van der Waals surface area contributed by atoms with E-state index >= 15 is 0 Å². The van der Waals surface area contributed by atoms with Gasteiger partial charge in [-0.1, -0.05) is 12.1 Å². The van der Waals surface area contributed by atoms with Gasteiger partial charge in [0.1, 0.15) is 22.9 Å². The first-order valence-electron chi connectivity index (χ1n) is 8.73. The molecule has 2 atom stereocenters. The van der Waals surface area contributed by atoms with Gasteiger partial charge in [-0.25, -0.2) is 4.98 Å². The van der Waals surface area contributed by atoms with Gasteiger partial charge in [-0.2, -0.15) is 13.2 Å². The molecule has 0 saturated heterocycles. The number of anilines is 1. The normalized spacial score (nSPS) is 24.7. The van der Waals surface area contributed by atoms with Crippen molar-refractivity contribution in [1.82, 2.24) is 9.97 Å². The molecule has 0 bridgehead atoms. The zero-order valence-electron chi connectivity index (χ0n) is 16.0. The van der Waals surface area contributed by atoms with Gasteiger partial charge in [0.15, 0.2) is 0 Å². The van der Waals surface area contributed by atoms with Crippen LogP contribution in [0.5, 0.6) is 0 Å². The largest absolute Gasteiger partial charge is 0.424 e. The third kappa shape index (κ3) is 3.80. The molecule has 0 unspecified atom stereocenters. The van der Waals surface area contributed by atoms with E-state index in [0.29, 0.717) is 11.3 Å². The van der Waals surface area contributed by atoms with E-state index in [1.807, 2.05) is 0 Å². The van der Waals surface area contributed by atoms with E-state index in [1.54, 1.807) is 44.2 Å². The number of hydrogen-bond donors (Lipinski definition) is 2. The zero-order valence-corrected chi connectivity index (χ0v) is 16.0. The van der Waals surface area contributed by atoms with E-state index < -0.39 is 29.1 Å². The van der Waals surface area contributed by atoms with Crippen molar-refractivity contribution < 1.29 is 22.7 Å². The van der Waals surface area contributed by atoms with Crippen molar-refractivity contribution in [2.75, 3.05) is 11.9 Å². The Kier molecular flexibility index (Phi) is 5.08. The average molecular weight is 407 g/mol. The molecule has 2 aromatic rings. The maximum atomic E-state index is 13.3. The molecule has 1 aliphatic heterocycles. The number of carbonyl (C=O) groups excluding carboxylic acids is 1. The molecule has 1 amide bonds. The summed E-state index contributed by atoms with van der Waals surface area (Å²) in [6, 6.07) is 8.21. The number of rotatable bonds is 3. The van der Waals surface area contributed by atoms with Crippen molar-refractivity contribution in [3.63, 3.8) is 0 Å². The SMILES string of the molecule is Cc1cccnc1C(=O)Nc1cccc([C@]2(C)CO[C@@](C)(C(F)(F)F)C(N)=N2)n1. The number of nitrogens with one attached hydrogen (secondary N) is 1. The van der Waals surface area contributed by atoms with Crippen molar-refractivity contribution in [2.45, 2.75) is 38.1 Å². The summed E-state index contributed by atoms with van der Waals surface area (Å²) in [6.07, 6.45) is -3.20. The molecule has 7 nitrogen and oxygen atoms in total. The highest BCUT2D eigenvalue weighted by atomic mass is 19.4. The molecule has 0 radical (unpaired) electrons. The number of nitrogens with two attached hydrogens (primary N) is 1. The Hall–Kier alpha value is -3.01. The lowest BCUT2D eigenvalue weighted by Gasteiger charge is -2.40. The molecule has 3 heterocycles. The summed E-state index contributed by atoms with van der Waals surface area (Å²) < 4.78 is 44.9. The smallest absolute Gasteiger partial charge is 0.385 e. The number of pyridine rings is 2. The third-order valence-corrected chi connectivity index (χ3v) is 4.81. The highest BCUT2D eigenvalue weighted by Gasteiger charge is 2.59. The number of amides is 1. The summed E-state index contributed by atoms with van der Waals surface area (Å²) in [4.78, 5) is 24.9. The lowest BCUT2D eigenvalue weighted by atomic mass is 9.93. The number of aromatic nitrogens is 2. The number of aryl methyl sites for hydroxylation is 1. The van der Waals surface area contributed by atoms with Crippen LogP contribution < -0.4 is 11.1 Å². The first kappa shape index (κ1) is 20.7. The summed E-state index contributed by atoms with van der Waals surface area (Å²) in [6.45, 7) is 3.77. The summed E-state index contributed by atoms with van der Waals surface area (Å²) in [5, 5.41) is 2.63. The van der Waals surface area contributed by atoms with Gasteiger partial charge < -0.3 is 15.8 Å². The number of alkyl halides is 3. The quantitative estimate of drug-likeness (QED) is 0.814. The predicted octanol–water partition coefficient (Wildman–Crippen LogP) is 2.96. The molecule has 0 aromatic carbocycles. The van der Waals surface area contributed by atoms with Crippen LogP contribution in [0.3, 0.4) is 0 Å². The second kappa shape index (κ2) is 7.11. The van der Waals surface area contributed by atoms with Crippen LogP contribution in [0.2, 0.25) is 0 Å². The lowest BCUT2D eigenvalue weighted by Crippen LogP contribution is -2.60. The summed E-state index contributed by atoms with van der Waals surface area (Å²) in [7, 11) is 0. The van der Waals surface area contributed by atoms with E-state index in [0.717, 1.165) is 6.92 Å². The molecule has 0 aliphatic carbocycles. The van der Waals surface area contributed by atoms with Gasteiger partial charge in [-0.3, -0.25) is 14.8 Å². The Morgan fingerprint density at radius 2 is 1.97 bits per heavy atom. The number of nitrogens with zero attached hydrogens (tertiary/aromatic N) is 3. The molecule has 0 spiro atoms. The Morgan fingerprint density at radius 3 is 2.59 bits per heavy atom. The first-order chi connectivity index (χ1) is 13.5. The Morgan fingerprint density at radius 1 is 1.24 bits per heavy atom. The van der Waals surface area contributed by atoms with E-state index in [-0.39, 0.29) is 18.1 Å². The van der Waals surface area contributed by atoms with E-state index in [4.69, 9.17) is 10.5 Å². The molecule has 0 saturated carbocycles. The molecule has 3 rings (SSSR count). The maximum absolute atomic E-state index is 13.3. The van der Waals surface area contributed by atoms with Crippen molar-refractivity contribution in [3.05, 3.63) is 53.5 Å². The van der Waals surface area contributed by atoms with Crippen LogP contribution in [0.4, 0.5) is 19.0 Å². The Balaban J connectivity index is 1.88. The number of halogens is 3. The number of hydrogen-bond acceptors (Lipinski definition) is 6. The second-order valence-corrected chi connectivity index (χ2v) is 7.12. The topological polar surface area (TPSA) is 102 Å². The van der Waals surface area contributed by atoms with Gasteiger partial charge >= 0.3 is 6.18 Å². The second-order valence-electron chi connectivity index (χ2n) is 7.12. The van der Waals surface area contributed by atoms with Crippen molar-refractivity contribution in [3.8, 4) is 0 Å². The molecule has 29 heavy (non-hydrogen) atoms. The number of amidine groups is 1. The third-order valence-electron chi connectivity index (χ3n) is 4.81. The molecule has 3 N–H and O–H groups in total. The van der Waals surface area contributed by atoms with Crippen LogP contribution in [0.25, 0.3) is 0 Å². The van der Waals surface area contributed by atoms with Crippen LogP contribution in [0.15, 0.2) is 41.5 Å². The number of carbonyl (C=O) groups is 1. The van der Waals surface area contributed by atoms with Gasteiger partial charge in [-0.15, -0.1) is 0 Å². The van der Waals surface area contributed by atoms with Gasteiger partial charge in [0.2, 0.25) is 5.60 Å². The Labute approximate surface area is 165 Å². The van der Waals surface area contributed by atoms with Crippen molar-refractivity contribution in [2.24, 2.45) is 10.7 Å². The van der Waals surface area contributed by atoms with Crippen LogP contribution in [-0.2, 0) is 10.3 Å². The number of aliphatic imine (C=N–C) groups is 1. The summed E-state index contributed by atoms with van der Waals surface area (Å²) >= 11 is 0. The summed E-state index contributed by atoms with van der Waals surface area (Å²) in [5.74, 6) is -0.929. The average Bonchev–Trinajstić information content (AvgIpc) is 2.65. The molecular formula is C19H20F3N5O2. The summed E-state index contributed by atoms with van der Waals surface area (Å²) in [5.41, 5.74) is 2.97. The standard InChI is InChI=1S/C19H20F3N5O2/c1-11-6-5-9-24-14(11)15(28)26-13-8-4-7-12(25-13)17(2)10-29-18(3,16(23)27-17)19(20,21)22/h4-9H,10H2,1-3H3,(H2,23,27)(H,25,26,28)/t17-,18+/m0/s1. The van der Waals surface area contributed by atoms with E-state index in [1.165, 1.54) is 6.20 Å². The minimum absolute atomic E-state index is 0.205. The van der Waals surface area contributed by atoms with Crippen molar-refractivity contribution >= 4 is 17.6 Å². The minimum atomic E-state index is -4.70. The molecular weight excluding hydrogens is 387 g/mol. The number of ether oxygens (including phenoxy) is 1. The first-order valence-corrected chi connectivity index (χ1v) is 8.73. The van der Waals surface area contributed by atoms with Crippen LogP contribution >= 0.6 is 0 Å². The van der Waals surface area contributed by atoms with Gasteiger partial charge in [0.05, 0.1) is 12.3 Å². The van der Waals surface area contributed by atoms with Gasteiger partial charge in [0.25, 0.3) is 5.91 Å². The highest BCUT2D eigenvalue weighted by molar-refractivity contribution is 6.03. The fourth-order valence-electron chi connectivity index (χ4n) is 2.83. The van der Waals surface area contributed by atoms with Gasteiger partial charge in [0, 0.05) is 6.20 Å². The zero-order chi connectivity index (χ0) is 21.4. The molecule has 1 aliphatic rings. The predicted molar refractivity (Wildman–Crippen MR) is 101 cm³/mol. The molecule has 2 aromatic heterocycles. The fourth-order valence-corrected chi connectivity index (χ4v) is 2.83. The fraction of sp³-hybridized carbons (Fsp3) is 0.368. The highest BCUT2D eigenvalue weighted by Crippen LogP contribution is 2.40. The monoisotopic (exact) mass is 407 g/mol. The van der Waals surface area contributed by atoms with Gasteiger partial charge in [-0.05, 0) is 44.5 Å². The van der Waals surface area contributed by atoms with E-state index in [9.17, 15) is 18.0 Å². The molecule has 10 heteroatoms. The van der Waals surface area contributed by atoms with Crippen LogP contribution in [-0.4, -0.2) is 40.1 Å². The molecule has 154 valence electrons. The maximum Gasteiger partial charge on any atom is 0.424 e. The van der Waals surface area contributed by atoms with Crippen LogP contribution in [0, 0.1) is 6.92 Å². The van der Waals surface area contributed by atoms with Crippen molar-refractivity contribution in [1.29, 1.82) is 0 Å². The Bertz CT molecular complexity index is 978. The van der Waals surface area contributed by atoms with E-state index in [2.05, 4.69) is 20.3 Å². The lowest BCUT2D eigenvalue weighted by molar-refractivity contribution is -0.249.